The molecule has 1 aromatic rings. The molecule has 3 aliphatic rings. The van der Waals surface area contributed by atoms with E-state index < -0.39 is 0 Å². The highest BCUT2D eigenvalue weighted by molar-refractivity contribution is 5.85. The molecule has 7 heteroatoms. The maximum atomic E-state index is 12.5. The van der Waals surface area contributed by atoms with E-state index in [2.05, 4.69) is 10.6 Å². The van der Waals surface area contributed by atoms with Gasteiger partial charge in [0.1, 0.15) is 5.75 Å². The zero-order chi connectivity index (χ0) is 18.8. The number of halogens is 1. The molecule has 2 amide bonds. The Bertz CT molecular complexity index is 691. The van der Waals surface area contributed by atoms with Crippen molar-refractivity contribution in [1.82, 2.24) is 10.6 Å². The summed E-state index contributed by atoms with van der Waals surface area (Å²) in [7, 11) is 0. The third-order valence-corrected chi connectivity index (χ3v) is 6.23. The first-order valence-corrected chi connectivity index (χ1v) is 10.1. The van der Waals surface area contributed by atoms with Gasteiger partial charge in [-0.25, -0.2) is 0 Å². The summed E-state index contributed by atoms with van der Waals surface area (Å²) in [5, 5.41) is 5.96. The van der Waals surface area contributed by atoms with Gasteiger partial charge >= 0.3 is 0 Å². The predicted molar refractivity (Wildman–Crippen MR) is 109 cm³/mol. The minimum atomic E-state index is -0.0666. The van der Waals surface area contributed by atoms with Gasteiger partial charge < -0.3 is 21.1 Å². The molecule has 0 heterocycles. The monoisotopic (exact) mass is 407 g/mol. The van der Waals surface area contributed by atoms with E-state index >= 15 is 0 Å². The predicted octanol–water partition coefficient (Wildman–Crippen LogP) is 1.80. The molecule has 3 fully saturated rings. The maximum absolute atomic E-state index is 12.5. The zero-order valence-corrected chi connectivity index (χ0v) is 16.9. The average molecular weight is 408 g/mol. The lowest BCUT2D eigenvalue weighted by molar-refractivity contribution is -0.127. The van der Waals surface area contributed by atoms with Crippen molar-refractivity contribution in [3.8, 4) is 5.75 Å². The van der Waals surface area contributed by atoms with E-state index in [-0.39, 0.29) is 42.8 Å². The number of ether oxygens (including phenoxy) is 1. The molecule has 3 aliphatic carbocycles. The van der Waals surface area contributed by atoms with E-state index in [0.29, 0.717) is 30.2 Å². The molecule has 3 saturated carbocycles. The van der Waals surface area contributed by atoms with Crippen molar-refractivity contribution in [1.29, 1.82) is 0 Å². The second kappa shape index (κ2) is 9.14. The highest BCUT2D eigenvalue weighted by Crippen LogP contribution is 2.47. The number of nitrogens with one attached hydrogen (secondary N) is 2. The first kappa shape index (κ1) is 20.9. The van der Waals surface area contributed by atoms with Gasteiger partial charge in [0.05, 0.1) is 5.92 Å². The van der Waals surface area contributed by atoms with Gasteiger partial charge in [-0.3, -0.25) is 9.59 Å². The number of hydrogen-bond donors (Lipinski definition) is 3. The van der Waals surface area contributed by atoms with Crippen LogP contribution < -0.4 is 21.1 Å². The lowest BCUT2D eigenvalue weighted by Gasteiger charge is -2.27. The lowest BCUT2D eigenvalue weighted by Crippen LogP contribution is -2.45. The van der Waals surface area contributed by atoms with Crippen LogP contribution in [0.4, 0.5) is 0 Å². The molecule has 4 N–H and O–H groups in total. The summed E-state index contributed by atoms with van der Waals surface area (Å²) in [6.07, 6.45) is 6.38. The van der Waals surface area contributed by atoms with Crippen molar-refractivity contribution >= 4 is 24.2 Å². The number of amides is 2. The fourth-order valence-corrected chi connectivity index (χ4v) is 4.57. The molecule has 0 aliphatic heterocycles. The van der Waals surface area contributed by atoms with Gasteiger partial charge in [-0.05, 0) is 68.1 Å². The standard InChI is InChI=1S/C21H29N3O3.ClH/c22-20-15-4-3-14(11-15)19(20)21(26)23-10-9-13-1-7-17(8-2-13)27-12-18(25)24-16-5-6-16;/h1-2,7-8,14-16,19-20H,3-6,9-12,22H2,(H,23,26)(H,24,25);1H. The average Bonchev–Trinajstić information content (AvgIpc) is 3.24. The minimum absolute atomic E-state index is 0. The maximum Gasteiger partial charge on any atom is 0.258 e. The molecular formula is C21H30ClN3O3. The summed E-state index contributed by atoms with van der Waals surface area (Å²) in [5.74, 6) is 1.77. The van der Waals surface area contributed by atoms with Crippen LogP contribution in [-0.2, 0) is 16.0 Å². The van der Waals surface area contributed by atoms with Crippen LogP contribution in [0.5, 0.6) is 5.75 Å². The topological polar surface area (TPSA) is 93.5 Å². The summed E-state index contributed by atoms with van der Waals surface area (Å²) >= 11 is 0. The number of carbonyl (C=O) groups excluding carboxylic acids is 2. The van der Waals surface area contributed by atoms with Gasteiger partial charge in [0.2, 0.25) is 5.91 Å². The molecule has 0 aromatic heterocycles. The van der Waals surface area contributed by atoms with E-state index in [1.807, 2.05) is 24.3 Å². The summed E-state index contributed by atoms with van der Waals surface area (Å²) in [4.78, 5) is 24.1. The molecular weight excluding hydrogens is 378 g/mol. The van der Waals surface area contributed by atoms with E-state index in [4.69, 9.17) is 10.5 Å². The van der Waals surface area contributed by atoms with E-state index in [9.17, 15) is 9.59 Å². The van der Waals surface area contributed by atoms with Crippen molar-refractivity contribution in [2.24, 2.45) is 23.5 Å². The van der Waals surface area contributed by atoms with E-state index in [1.54, 1.807) is 0 Å². The lowest BCUT2D eigenvalue weighted by atomic mass is 9.84. The molecule has 1 aromatic carbocycles. The highest BCUT2D eigenvalue weighted by atomic mass is 35.5. The Morgan fingerprint density at radius 3 is 2.43 bits per heavy atom. The second-order valence-corrected chi connectivity index (χ2v) is 8.25. The molecule has 4 rings (SSSR count). The van der Waals surface area contributed by atoms with Crippen LogP contribution in [-0.4, -0.2) is 37.0 Å². The molecule has 154 valence electrons. The third-order valence-electron chi connectivity index (χ3n) is 6.23. The Morgan fingerprint density at radius 1 is 1.07 bits per heavy atom. The number of hydrogen-bond acceptors (Lipinski definition) is 4. The second-order valence-electron chi connectivity index (χ2n) is 8.25. The summed E-state index contributed by atoms with van der Waals surface area (Å²) < 4.78 is 5.51. The van der Waals surface area contributed by atoms with Crippen LogP contribution in [0.3, 0.4) is 0 Å². The third kappa shape index (κ3) is 4.97. The molecule has 0 saturated heterocycles. The summed E-state index contributed by atoms with van der Waals surface area (Å²) in [6.45, 7) is 0.666. The molecule has 0 spiro atoms. The van der Waals surface area contributed by atoms with Crippen molar-refractivity contribution in [2.45, 2.75) is 50.6 Å². The van der Waals surface area contributed by atoms with Gasteiger partial charge in [-0.15, -0.1) is 12.4 Å². The van der Waals surface area contributed by atoms with Gasteiger partial charge in [0.15, 0.2) is 6.61 Å². The Hall–Kier alpha value is -1.79. The molecule has 6 nitrogen and oxygen atoms in total. The highest BCUT2D eigenvalue weighted by Gasteiger charge is 2.48. The number of rotatable bonds is 8. The first-order chi connectivity index (χ1) is 13.1. The Kier molecular flexibility index (Phi) is 6.83. The Balaban J connectivity index is 0.00000225. The number of benzene rings is 1. The normalized spacial score (nSPS) is 27.8. The quantitative estimate of drug-likeness (QED) is 0.612. The summed E-state index contributed by atoms with van der Waals surface area (Å²) in [5.41, 5.74) is 7.37. The number of carbonyl (C=O) groups is 2. The summed E-state index contributed by atoms with van der Waals surface area (Å²) in [6, 6.07) is 8.08. The first-order valence-electron chi connectivity index (χ1n) is 10.1. The van der Waals surface area contributed by atoms with Crippen LogP contribution in [0.15, 0.2) is 24.3 Å². The van der Waals surface area contributed by atoms with Crippen molar-refractivity contribution in [3.05, 3.63) is 29.8 Å². The molecule has 4 atom stereocenters. The van der Waals surface area contributed by atoms with Crippen LogP contribution in [0.2, 0.25) is 0 Å². The van der Waals surface area contributed by atoms with Crippen LogP contribution >= 0.6 is 12.4 Å². The molecule has 0 radical (unpaired) electrons. The number of nitrogens with two attached hydrogens (primary N) is 1. The van der Waals surface area contributed by atoms with Gasteiger partial charge in [-0.2, -0.15) is 0 Å². The van der Waals surface area contributed by atoms with Crippen LogP contribution in [0.25, 0.3) is 0 Å². The van der Waals surface area contributed by atoms with Crippen molar-refractivity contribution in [3.63, 3.8) is 0 Å². The smallest absolute Gasteiger partial charge is 0.258 e. The van der Waals surface area contributed by atoms with E-state index in [0.717, 1.165) is 37.7 Å². The Morgan fingerprint density at radius 2 is 1.79 bits per heavy atom. The number of fused-ring (bicyclic) bond motifs is 2. The zero-order valence-electron chi connectivity index (χ0n) is 16.1. The van der Waals surface area contributed by atoms with Crippen LogP contribution in [0.1, 0.15) is 37.7 Å². The Labute approximate surface area is 172 Å². The van der Waals surface area contributed by atoms with Crippen molar-refractivity contribution < 1.29 is 14.3 Å². The SMILES string of the molecule is Cl.NC1C2CCC(C2)C1C(=O)NCCc1ccc(OCC(=O)NC2CC2)cc1. The van der Waals surface area contributed by atoms with E-state index in [1.165, 1.54) is 6.42 Å². The fourth-order valence-electron chi connectivity index (χ4n) is 4.57. The molecule has 4 unspecified atom stereocenters. The fraction of sp³-hybridized carbons (Fsp3) is 0.619. The molecule has 28 heavy (non-hydrogen) atoms. The minimum Gasteiger partial charge on any atom is -0.484 e. The van der Waals surface area contributed by atoms with Crippen molar-refractivity contribution in [2.75, 3.05) is 13.2 Å². The largest absolute Gasteiger partial charge is 0.484 e. The van der Waals surface area contributed by atoms with Gasteiger partial charge in [0, 0.05) is 18.6 Å². The van der Waals surface area contributed by atoms with Gasteiger partial charge in [0.25, 0.3) is 5.91 Å². The molecule has 2 bridgehead atoms. The van der Waals surface area contributed by atoms with Crippen LogP contribution in [0, 0.1) is 17.8 Å². The van der Waals surface area contributed by atoms with Gasteiger partial charge in [-0.1, -0.05) is 12.1 Å².